The molecule has 0 saturated heterocycles. The van der Waals surface area contributed by atoms with Crippen molar-refractivity contribution >= 4 is 11.9 Å². The molecule has 0 aromatic carbocycles. The van der Waals surface area contributed by atoms with Gasteiger partial charge in [0.15, 0.2) is 0 Å². The zero-order valence-corrected chi connectivity index (χ0v) is 6.33. The number of methoxy groups -OCH3 is 1. The van der Waals surface area contributed by atoms with Gasteiger partial charge in [0.25, 0.3) is 0 Å². The second-order valence-corrected chi connectivity index (χ2v) is 2.10. The maximum Gasteiger partial charge on any atom is 0.354 e. The number of carbonyl (C=O) groups excluding carboxylic acids is 1. The number of hydrogen-bond acceptors (Lipinski definition) is 3. The van der Waals surface area contributed by atoms with Crippen molar-refractivity contribution in [1.29, 1.82) is 0 Å². The molecule has 1 aromatic rings. The highest BCUT2D eigenvalue weighted by atomic mass is 16.5. The molecule has 0 unspecified atom stereocenters. The third-order valence-corrected chi connectivity index (χ3v) is 1.34. The zero-order chi connectivity index (χ0) is 9.14. The van der Waals surface area contributed by atoms with E-state index in [0.29, 0.717) is 0 Å². The summed E-state index contributed by atoms with van der Waals surface area (Å²) in [6.07, 6.45) is 1.23. The van der Waals surface area contributed by atoms with Gasteiger partial charge in [0, 0.05) is 6.20 Å². The highest BCUT2D eigenvalue weighted by molar-refractivity contribution is 5.93. The number of esters is 1. The number of nitrogens with one attached hydrogen (secondary N) is 1. The van der Waals surface area contributed by atoms with Crippen LogP contribution in [0.5, 0.6) is 0 Å². The lowest BCUT2D eigenvalue weighted by molar-refractivity contribution is 0.0594. The first-order valence-electron chi connectivity index (χ1n) is 3.15. The second kappa shape index (κ2) is 3.08. The Hall–Kier alpha value is -1.78. The quantitative estimate of drug-likeness (QED) is 0.632. The molecule has 5 nitrogen and oxygen atoms in total. The highest BCUT2D eigenvalue weighted by Crippen LogP contribution is 2.03. The highest BCUT2D eigenvalue weighted by Gasteiger charge is 2.11. The number of H-pyrrole nitrogens is 1. The Labute approximate surface area is 68.0 Å². The summed E-state index contributed by atoms with van der Waals surface area (Å²) >= 11 is 0. The van der Waals surface area contributed by atoms with Gasteiger partial charge in [-0.1, -0.05) is 0 Å². The number of carbonyl (C=O) groups is 2. The van der Waals surface area contributed by atoms with E-state index in [9.17, 15) is 9.59 Å². The van der Waals surface area contributed by atoms with Gasteiger partial charge in [-0.15, -0.1) is 0 Å². The molecule has 0 aliphatic heterocycles. The molecule has 5 heteroatoms. The van der Waals surface area contributed by atoms with Crippen LogP contribution < -0.4 is 0 Å². The van der Waals surface area contributed by atoms with E-state index in [-0.39, 0.29) is 11.3 Å². The fourth-order valence-electron chi connectivity index (χ4n) is 0.746. The Morgan fingerprint density at radius 3 is 2.67 bits per heavy atom. The van der Waals surface area contributed by atoms with Gasteiger partial charge in [-0.05, 0) is 6.07 Å². The molecule has 0 fully saturated rings. The Kier molecular flexibility index (Phi) is 2.14. The Balaban J connectivity index is 2.91. The molecule has 0 amide bonds. The van der Waals surface area contributed by atoms with Crippen LogP contribution in [0.2, 0.25) is 0 Å². The van der Waals surface area contributed by atoms with Crippen LogP contribution in [0.3, 0.4) is 0 Å². The molecule has 2 N–H and O–H groups in total. The molecular formula is C7H7NO4. The fourth-order valence-corrected chi connectivity index (χ4v) is 0.746. The molecule has 0 aliphatic carbocycles. The predicted molar refractivity (Wildman–Crippen MR) is 39.1 cm³/mol. The zero-order valence-electron chi connectivity index (χ0n) is 6.33. The van der Waals surface area contributed by atoms with Gasteiger partial charge in [-0.2, -0.15) is 0 Å². The maximum atomic E-state index is 10.8. The second-order valence-electron chi connectivity index (χ2n) is 2.10. The summed E-state index contributed by atoms with van der Waals surface area (Å²) < 4.78 is 4.37. The van der Waals surface area contributed by atoms with Gasteiger partial charge in [-0.3, -0.25) is 0 Å². The molecule has 0 bridgehead atoms. The summed E-state index contributed by atoms with van der Waals surface area (Å²) in [4.78, 5) is 23.6. The lowest BCUT2D eigenvalue weighted by Crippen LogP contribution is -2.00. The summed E-state index contributed by atoms with van der Waals surface area (Å²) in [6, 6.07) is 1.22. The van der Waals surface area contributed by atoms with Crippen LogP contribution in [0.1, 0.15) is 20.8 Å². The van der Waals surface area contributed by atoms with Crippen LogP contribution in [0.25, 0.3) is 0 Å². The van der Waals surface area contributed by atoms with Gasteiger partial charge in [0.05, 0.1) is 12.7 Å². The topological polar surface area (TPSA) is 79.4 Å². The van der Waals surface area contributed by atoms with Crippen LogP contribution >= 0.6 is 0 Å². The predicted octanol–water partition coefficient (Wildman–Crippen LogP) is 0.500. The number of aromatic carboxylic acids is 1. The first-order chi connectivity index (χ1) is 5.65. The Morgan fingerprint density at radius 1 is 1.58 bits per heavy atom. The Bertz CT molecular complexity index is 315. The first-order valence-corrected chi connectivity index (χ1v) is 3.15. The first kappa shape index (κ1) is 8.32. The summed E-state index contributed by atoms with van der Waals surface area (Å²) in [5.41, 5.74) is 0.172. The lowest BCUT2D eigenvalue weighted by Gasteiger charge is -1.91. The molecule has 1 heterocycles. The monoisotopic (exact) mass is 169 g/mol. The van der Waals surface area contributed by atoms with Crippen molar-refractivity contribution in [2.24, 2.45) is 0 Å². The summed E-state index contributed by atoms with van der Waals surface area (Å²) in [5, 5.41) is 8.48. The van der Waals surface area contributed by atoms with Crippen molar-refractivity contribution in [3.8, 4) is 0 Å². The molecular weight excluding hydrogens is 162 g/mol. The van der Waals surface area contributed by atoms with Gasteiger partial charge < -0.3 is 14.8 Å². The number of rotatable bonds is 2. The van der Waals surface area contributed by atoms with Gasteiger partial charge in [-0.25, -0.2) is 9.59 Å². The largest absolute Gasteiger partial charge is 0.478 e. The minimum Gasteiger partial charge on any atom is -0.478 e. The summed E-state index contributed by atoms with van der Waals surface area (Å²) in [6.45, 7) is 0. The molecule has 12 heavy (non-hydrogen) atoms. The smallest absolute Gasteiger partial charge is 0.354 e. The van der Waals surface area contributed by atoms with Crippen LogP contribution in [-0.4, -0.2) is 29.1 Å². The summed E-state index contributed by atoms with van der Waals surface area (Å²) in [7, 11) is 1.23. The number of hydrogen-bond donors (Lipinski definition) is 2. The molecule has 1 aromatic heterocycles. The number of carboxylic acid groups (broad SMARTS) is 1. The van der Waals surface area contributed by atoms with E-state index in [4.69, 9.17) is 5.11 Å². The molecule has 0 saturated carbocycles. The van der Waals surface area contributed by atoms with Gasteiger partial charge >= 0.3 is 11.9 Å². The molecule has 0 radical (unpaired) electrons. The van der Waals surface area contributed by atoms with Crippen molar-refractivity contribution in [3.05, 3.63) is 23.5 Å². The van der Waals surface area contributed by atoms with Crippen LogP contribution in [0.4, 0.5) is 0 Å². The standard InChI is InChI=1S/C7H7NO4/c1-12-7(11)5-2-4(3-8-5)6(9)10/h2-3,8H,1H3,(H,9,10). The molecule has 1 rings (SSSR count). The molecule has 0 spiro atoms. The molecule has 0 atom stereocenters. The number of ether oxygens (including phenoxy) is 1. The van der Waals surface area contributed by atoms with Crippen molar-refractivity contribution in [2.75, 3.05) is 7.11 Å². The average Bonchev–Trinajstić information content (AvgIpc) is 2.51. The van der Waals surface area contributed by atoms with E-state index in [2.05, 4.69) is 9.72 Å². The van der Waals surface area contributed by atoms with Crippen molar-refractivity contribution in [2.45, 2.75) is 0 Å². The van der Waals surface area contributed by atoms with Crippen molar-refractivity contribution in [3.63, 3.8) is 0 Å². The van der Waals surface area contributed by atoms with Gasteiger partial charge in [0.1, 0.15) is 5.69 Å². The minimum atomic E-state index is -1.08. The van der Waals surface area contributed by atoms with Crippen LogP contribution in [0.15, 0.2) is 12.3 Å². The average molecular weight is 169 g/mol. The number of aromatic nitrogens is 1. The summed E-state index contributed by atoms with van der Waals surface area (Å²) in [5.74, 6) is -1.66. The fraction of sp³-hybridized carbons (Fsp3) is 0.143. The van der Waals surface area contributed by atoms with Gasteiger partial charge in [0.2, 0.25) is 0 Å². The molecule has 0 aliphatic rings. The third-order valence-electron chi connectivity index (χ3n) is 1.34. The number of carboxylic acids is 1. The normalized spacial score (nSPS) is 9.42. The van der Waals surface area contributed by atoms with E-state index in [1.54, 1.807) is 0 Å². The van der Waals surface area contributed by atoms with E-state index < -0.39 is 11.9 Å². The van der Waals surface area contributed by atoms with Crippen LogP contribution in [-0.2, 0) is 4.74 Å². The van der Waals surface area contributed by atoms with E-state index >= 15 is 0 Å². The maximum absolute atomic E-state index is 10.8. The minimum absolute atomic E-state index is 0.0374. The van der Waals surface area contributed by atoms with E-state index in [0.717, 1.165) is 0 Å². The van der Waals surface area contributed by atoms with Crippen LogP contribution in [0, 0.1) is 0 Å². The van der Waals surface area contributed by atoms with E-state index in [1.807, 2.05) is 0 Å². The SMILES string of the molecule is COC(=O)c1cc(C(=O)O)c[nH]1. The number of aromatic amines is 1. The van der Waals surface area contributed by atoms with Crippen molar-refractivity contribution < 1.29 is 19.4 Å². The Morgan fingerprint density at radius 2 is 2.25 bits per heavy atom. The van der Waals surface area contributed by atoms with Crippen molar-refractivity contribution in [1.82, 2.24) is 4.98 Å². The lowest BCUT2D eigenvalue weighted by atomic mass is 10.3. The third kappa shape index (κ3) is 1.45. The van der Waals surface area contributed by atoms with E-state index in [1.165, 1.54) is 19.4 Å². The molecule has 64 valence electrons.